The minimum atomic E-state index is -0.679. The lowest BCUT2D eigenvalue weighted by molar-refractivity contribution is -0.141. The number of ether oxygens (including phenoxy) is 4. The molecule has 2 atom stereocenters. The Morgan fingerprint density at radius 1 is 0.976 bits per heavy atom. The quantitative estimate of drug-likeness (QED) is 0.246. The standard InChI is InChI=1S/C32H33BF2O7/c1-31(2)32(3,4)42-33(41-31)19-6-10-23(34)28(15-19)40-25-13-11-24(35)30-22(25)9-12-26(30)39-20-7-8-21-18(14-29(36)37-5)17-38-27(21)16-20/h6-8,10-11,13,15-16,18,26H,9,12,14,17H2,1-5H3. The highest BCUT2D eigenvalue weighted by molar-refractivity contribution is 6.62. The summed E-state index contributed by atoms with van der Waals surface area (Å²) in [6, 6.07) is 12.8. The fraction of sp³-hybridized carbons (Fsp3) is 0.406. The van der Waals surface area contributed by atoms with Crippen molar-refractivity contribution in [3.63, 3.8) is 0 Å². The minimum Gasteiger partial charge on any atom is -0.492 e. The minimum absolute atomic E-state index is 0.00216. The first-order chi connectivity index (χ1) is 20.0. The van der Waals surface area contributed by atoms with E-state index in [2.05, 4.69) is 0 Å². The number of esters is 1. The Bertz CT molecular complexity index is 1520. The first-order valence-corrected chi connectivity index (χ1v) is 14.1. The van der Waals surface area contributed by atoms with Crippen molar-refractivity contribution >= 4 is 18.6 Å². The summed E-state index contributed by atoms with van der Waals surface area (Å²) in [7, 11) is 0.682. The highest BCUT2D eigenvalue weighted by Gasteiger charge is 2.51. The summed E-state index contributed by atoms with van der Waals surface area (Å²) in [5, 5.41) is 0. The van der Waals surface area contributed by atoms with E-state index in [1.54, 1.807) is 24.3 Å². The van der Waals surface area contributed by atoms with Gasteiger partial charge in [-0.1, -0.05) is 12.1 Å². The summed E-state index contributed by atoms with van der Waals surface area (Å²) >= 11 is 0. The van der Waals surface area contributed by atoms with E-state index >= 15 is 4.39 Å². The van der Waals surface area contributed by atoms with E-state index in [0.717, 1.165) is 5.56 Å². The summed E-state index contributed by atoms with van der Waals surface area (Å²) < 4.78 is 65.2. The van der Waals surface area contributed by atoms with Crippen LogP contribution in [0.4, 0.5) is 8.78 Å². The van der Waals surface area contributed by atoms with Crippen molar-refractivity contribution < 1.29 is 41.8 Å². The van der Waals surface area contributed by atoms with Crippen molar-refractivity contribution in [3.05, 3.63) is 76.9 Å². The van der Waals surface area contributed by atoms with Gasteiger partial charge in [0.25, 0.3) is 0 Å². The maximum atomic E-state index is 15.2. The molecule has 0 aromatic heterocycles. The molecule has 0 saturated carbocycles. The molecule has 7 nitrogen and oxygen atoms in total. The Hall–Kier alpha value is -3.63. The second kappa shape index (κ2) is 10.6. The van der Waals surface area contributed by atoms with Gasteiger partial charge in [-0.05, 0) is 76.3 Å². The molecule has 1 aliphatic carbocycles. The van der Waals surface area contributed by atoms with E-state index in [-0.39, 0.29) is 24.1 Å². The summed E-state index contributed by atoms with van der Waals surface area (Å²) in [4.78, 5) is 11.7. The maximum absolute atomic E-state index is 15.2. The van der Waals surface area contributed by atoms with Gasteiger partial charge in [-0.3, -0.25) is 4.79 Å². The van der Waals surface area contributed by atoms with Gasteiger partial charge < -0.3 is 28.3 Å². The van der Waals surface area contributed by atoms with Crippen LogP contribution in [0.3, 0.4) is 0 Å². The van der Waals surface area contributed by atoms with E-state index in [1.165, 1.54) is 25.3 Å². The molecule has 2 heterocycles. The van der Waals surface area contributed by atoms with Gasteiger partial charge in [-0.15, -0.1) is 0 Å². The fourth-order valence-corrected chi connectivity index (χ4v) is 5.65. The van der Waals surface area contributed by atoms with Gasteiger partial charge in [-0.25, -0.2) is 8.78 Å². The van der Waals surface area contributed by atoms with Crippen LogP contribution in [0.1, 0.15) is 69.2 Å². The molecular weight excluding hydrogens is 545 g/mol. The molecule has 1 fully saturated rings. The summed E-state index contributed by atoms with van der Waals surface area (Å²) in [6.45, 7) is 8.18. The van der Waals surface area contributed by atoms with Crippen LogP contribution in [0.2, 0.25) is 0 Å². The van der Waals surface area contributed by atoms with Crippen molar-refractivity contribution in [2.75, 3.05) is 13.7 Å². The third kappa shape index (κ3) is 5.11. The normalized spacial score (nSPS) is 21.5. The number of carbonyl (C=O) groups excluding carboxylic acids is 1. The first-order valence-electron chi connectivity index (χ1n) is 14.1. The van der Waals surface area contributed by atoms with Gasteiger partial charge in [0.1, 0.15) is 29.2 Å². The molecule has 3 aromatic rings. The molecule has 10 heteroatoms. The highest BCUT2D eigenvalue weighted by Crippen LogP contribution is 2.45. The molecule has 2 aliphatic heterocycles. The number of fused-ring (bicyclic) bond motifs is 2. The lowest BCUT2D eigenvalue weighted by Gasteiger charge is -2.32. The van der Waals surface area contributed by atoms with Crippen LogP contribution in [-0.2, 0) is 25.3 Å². The number of rotatable bonds is 7. The Morgan fingerprint density at radius 2 is 1.71 bits per heavy atom. The maximum Gasteiger partial charge on any atom is 0.494 e. The molecule has 2 unspecified atom stereocenters. The average molecular weight is 578 g/mol. The number of hydrogen-bond acceptors (Lipinski definition) is 7. The zero-order valence-corrected chi connectivity index (χ0v) is 24.3. The summed E-state index contributed by atoms with van der Waals surface area (Å²) in [5.74, 6) is 0.168. The smallest absolute Gasteiger partial charge is 0.492 e. The van der Waals surface area contributed by atoms with Gasteiger partial charge in [0.2, 0.25) is 0 Å². The molecule has 3 aliphatic rings. The molecule has 0 N–H and O–H groups in total. The zero-order chi connectivity index (χ0) is 29.8. The van der Waals surface area contributed by atoms with Gasteiger partial charge in [0.05, 0.1) is 31.3 Å². The summed E-state index contributed by atoms with van der Waals surface area (Å²) in [6.07, 6.45) is 0.684. The molecule has 42 heavy (non-hydrogen) atoms. The lowest BCUT2D eigenvalue weighted by Crippen LogP contribution is -2.41. The van der Waals surface area contributed by atoms with Crippen LogP contribution < -0.4 is 19.7 Å². The first kappa shape index (κ1) is 28.5. The molecule has 0 bridgehead atoms. The summed E-state index contributed by atoms with van der Waals surface area (Å²) in [5.41, 5.74) is 1.46. The molecule has 6 rings (SSSR count). The molecule has 3 aromatic carbocycles. The molecule has 220 valence electrons. The monoisotopic (exact) mass is 578 g/mol. The predicted octanol–water partition coefficient (Wildman–Crippen LogP) is 6.16. The van der Waals surface area contributed by atoms with Crippen molar-refractivity contribution in [2.24, 2.45) is 0 Å². The van der Waals surface area contributed by atoms with Crippen LogP contribution >= 0.6 is 0 Å². The van der Waals surface area contributed by atoms with E-state index < -0.39 is 36.1 Å². The average Bonchev–Trinajstić information content (AvgIpc) is 3.61. The van der Waals surface area contributed by atoms with Crippen LogP contribution in [0, 0.1) is 11.6 Å². The van der Waals surface area contributed by atoms with E-state index in [1.807, 2.05) is 33.8 Å². The zero-order valence-electron chi connectivity index (χ0n) is 24.3. The number of hydrogen-bond donors (Lipinski definition) is 0. The predicted molar refractivity (Wildman–Crippen MR) is 152 cm³/mol. The molecule has 0 spiro atoms. The third-order valence-corrected chi connectivity index (χ3v) is 8.72. The second-order valence-electron chi connectivity index (χ2n) is 12.0. The lowest BCUT2D eigenvalue weighted by atomic mass is 9.79. The molecule has 0 amide bonds. The number of halogens is 2. The van der Waals surface area contributed by atoms with Crippen LogP contribution in [0.25, 0.3) is 0 Å². The van der Waals surface area contributed by atoms with Crippen molar-refractivity contribution in [2.45, 2.75) is 70.2 Å². The van der Waals surface area contributed by atoms with Crippen LogP contribution in [-0.4, -0.2) is 38.0 Å². The largest absolute Gasteiger partial charge is 0.494 e. The fourth-order valence-electron chi connectivity index (χ4n) is 5.65. The Labute approximate surface area is 244 Å². The molecule has 1 saturated heterocycles. The molecular formula is C32H33BF2O7. The van der Waals surface area contributed by atoms with Gasteiger partial charge in [0, 0.05) is 28.7 Å². The number of carbonyl (C=O) groups is 1. The Morgan fingerprint density at radius 3 is 2.45 bits per heavy atom. The van der Waals surface area contributed by atoms with E-state index in [0.29, 0.717) is 53.3 Å². The van der Waals surface area contributed by atoms with Crippen molar-refractivity contribution in [1.82, 2.24) is 0 Å². The van der Waals surface area contributed by atoms with Crippen LogP contribution in [0.5, 0.6) is 23.0 Å². The van der Waals surface area contributed by atoms with Crippen molar-refractivity contribution in [1.29, 1.82) is 0 Å². The van der Waals surface area contributed by atoms with Crippen molar-refractivity contribution in [3.8, 4) is 23.0 Å². The Kier molecular flexibility index (Phi) is 7.18. The van der Waals surface area contributed by atoms with Gasteiger partial charge in [0.15, 0.2) is 11.6 Å². The van der Waals surface area contributed by atoms with E-state index in [4.69, 9.17) is 28.3 Å². The SMILES string of the molecule is COC(=O)CC1COc2cc(OC3CCc4c(Oc5cc(B6OC(C)(C)C(C)(C)O6)ccc5F)ccc(F)c43)ccc21. The Balaban J connectivity index is 1.21. The second-order valence-corrected chi connectivity index (χ2v) is 12.0. The van der Waals surface area contributed by atoms with Gasteiger partial charge in [-0.2, -0.15) is 0 Å². The van der Waals surface area contributed by atoms with Crippen LogP contribution in [0.15, 0.2) is 48.5 Å². The van der Waals surface area contributed by atoms with E-state index in [9.17, 15) is 9.18 Å². The number of benzene rings is 3. The number of methoxy groups -OCH3 is 1. The topological polar surface area (TPSA) is 72.5 Å². The highest BCUT2D eigenvalue weighted by atomic mass is 19.1. The third-order valence-electron chi connectivity index (χ3n) is 8.72. The molecule has 0 radical (unpaired) electrons. The van der Waals surface area contributed by atoms with Gasteiger partial charge >= 0.3 is 13.1 Å².